The second kappa shape index (κ2) is 7.69. The molecule has 1 aromatic heterocycles. The summed E-state index contributed by atoms with van der Waals surface area (Å²) in [5, 5.41) is 0. The van der Waals surface area contributed by atoms with Crippen molar-refractivity contribution in [3.8, 4) is 0 Å². The van der Waals surface area contributed by atoms with Crippen LogP contribution in [0.3, 0.4) is 0 Å². The van der Waals surface area contributed by atoms with Crippen LogP contribution in [0, 0.1) is 0 Å². The third-order valence-electron chi connectivity index (χ3n) is 3.03. The van der Waals surface area contributed by atoms with Crippen LogP contribution in [0.4, 0.5) is 0 Å². The normalized spacial score (nSPS) is 10.9. The first kappa shape index (κ1) is 16.2. The van der Waals surface area contributed by atoms with Gasteiger partial charge in [-0.2, -0.15) is 0 Å². The first-order valence-corrected chi connectivity index (χ1v) is 6.51. The fraction of sp³-hybridized carbons (Fsp3) is 0.571. The Kier molecular flexibility index (Phi) is 6.24. The average molecular weight is 282 g/mol. The Morgan fingerprint density at radius 2 is 2.05 bits per heavy atom. The van der Waals surface area contributed by atoms with Crippen LogP contribution in [0.15, 0.2) is 22.8 Å². The number of carbonyl (C=O) groups is 2. The molecule has 1 amide bonds. The fourth-order valence-corrected chi connectivity index (χ4v) is 1.67. The molecule has 0 atom stereocenters. The Morgan fingerprint density at radius 3 is 2.55 bits per heavy atom. The predicted molar refractivity (Wildman–Crippen MR) is 73.9 cm³/mol. The number of likely N-dealkylation sites (N-methyl/N-ethyl adjacent to an activating group) is 1. The van der Waals surface area contributed by atoms with Gasteiger partial charge in [0.1, 0.15) is 5.76 Å². The molecule has 0 aliphatic heterocycles. The number of esters is 1. The lowest BCUT2D eigenvalue weighted by Gasteiger charge is -2.26. The van der Waals surface area contributed by atoms with Crippen LogP contribution in [0.1, 0.15) is 19.6 Å². The molecule has 0 saturated heterocycles. The topological polar surface area (TPSA) is 63.0 Å². The second-order valence-corrected chi connectivity index (χ2v) is 4.90. The minimum atomic E-state index is -0.347. The van der Waals surface area contributed by atoms with Crippen LogP contribution in [-0.4, -0.2) is 55.0 Å². The van der Waals surface area contributed by atoms with E-state index < -0.39 is 0 Å². The van der Waals surface area contributed by atoms with Gasteiger partial charge in [0.2, 0.25) is 5.91 Å². The number of hydrogen-bond donors (Lipinski definition) is 0. The molecule has 0 aliphatic rings. The number of carbonyl (C=O) groups excluding carboxylic acids is 2. The van der Waals surface area contributed by atoms with Crippen LogP contribution in [0.5, 0.6) is 0 Å². The van der Waals surface area contributed by atoms with E-state index in [1.54, 1.807) is 29.2 Å². The van der Waals surface area contributed by atoms with Crippen LogP contribution >= 0.6 is 0 Å². The number of ether oxygens (including phenoxy) is 1. The van der Waals surface area contributed by atoms with Gasteiger partial charge >= 0.3 is 5.97 Å². The van der Waals surface area contributed by atoms with Crippen molar-refractivity contribution >= 4 is 11.9 Å². The van der Waals surface area contributed by atoms with Crippen LogP contribution in [0.25, 0.3) is 0 Å². The van der Waals surface area contributed by atoms with Crippen molar-refractivity contribution < 1.29 is 18.7 Å². The summed E-state index contributed by atoms with van der Waals surface area (Å²) in [6, 6.07) is 3.68. The van der Waals surface area contributed by atoms with Gasteiger partial charge in [0, 0.05) is 13.1 Å². The highest BCUT2D eigenvalue weighted by molar-refractivity contribution is 5.79. The van der Waals surface area contributed by atoms with E-state index in [0.29, 0.717) is 6.54 Å². The number of hydrogen-bond acceptors (Lipinski definition) is 5. The van der Waals surface area contributed by atoms with Crippen LogP contribution in [0.2, 0.25) is 0 Å². The lowest BCUT2D eigenvalue weighted by Crippen LogP contribution is -2.43. The van der Waals surface area contributed by atoms with Crippen molar-refractivity contribution in [1.82, 2.24) is 9.80 Å². The van der Waals surface area contributed by atoms with Crippen molar-refractivity contribution in [2.75, 3.05) is 27.2 Å². The highest BCUT2D eigenvalue weighted by atomic mass is 16.5. The van der Waals surface area contributed by atoms with E-state index in [1.165, 1.54) is 7.11 Å². The van der Waals surface area contributed by atoms with E-state index in [4.69, 9.17) is 4.42 Å². The molecule has 0 fully saturated rings. The lowest BCUT2D eigenvalue weighted by molar-refractivity contribution is -0.143. The van der Waals surface area contributed by atoms with E-state index >= 15 is 0 Å². The van der Waals surface area contributed by atoms with Gasteiger partial charge in [0.15, 0.2) is 0 Å². The molecule has 0 aromatic carbocycles. The molecule has 1 heterocycles. The summed E-state index contributed by atoms with van der Waals surface area (Å²) in [4.78, 5) is 26.8. The Hall–Kier alpha value is -1.82. The molecule has 0 aliphatic carbocycles. The zero-order valence-electron chi connectivity index (χ0n) is 12.5. The predicted octanol–water partition coefficient (Wildman–Crippen LogP) is 1.12. The maximum absolute atomic E-state index is 12.1. The summed E-state index contributed by atoms with van der Waals surface area (Å²) in [6.45, 7) is 4.56. The first-order chi connectivity index (χ1) is 9.43. The Balaban J connectivity index is 2.54. The van der Waals surface area contributed by atoms with Crippen molar-refractivity contribution in [2.45, 2.75) is 26.4 Å². The number of nitrogens with zero attached hydrogens (tertiary/aromatic N) is 2. The van der Waals surface area contributed by atoms with Gasteiger partial charge in [-0.25, -0.2) is 0 Å². The highest BCUT2D eigenvalue weighted by Gasteiger charge is 2.20. The van der Waals surface area contributed by atoms with Crippen molar-refractivity contribution in [1.29, 1.82) is 0 Å². The van der Waals surface area contributed by atoms with Gasteiger partial charge in [0.05, 0.1) is 33.0 Å². The molecule has 0 N–H and O–H groups in total. The van der Waals surface area contributed by atoms with Gasteiger partial charge in [-0.3, -0.25) is 14.5 Å². The molecule has 20 heavy (non-hydrogen) atoms. The quantitative estimate of drug-likeness (QED) is 0.701. The van der Waals surface area contributed by atoms with E-state index in [9.17, 15) is 9.59 Å². The molecule has 0 bridgehead atoms. The summed E-state index contributed by atoms with van der Waals surface area (Å²) in [7, 11) is 3.05. The van der Waals surface area contributed by atoms with Crippen molar-refractivity contribution in [3.05, 3.63) is 24.2 Å². The molecule has 112 valence electrons. The monoisotopic (exact) mass is 282 g/mol. The first-order valence-electron chi connectivity index (χ1n) is 6.51. The Morgan fingerprint density at radius 1 is 1.35 bits per heavy atom. The summed E-state index contributed by atoms with van der Waals surface area (Å²) in [5.41, 5.74) is 0. The highest BCUT2D eigenvalue weighted by Crippen LogP contribution is 2.06. The largest absolute Gasteiger partial charge is 0.468 e. The molecule has 1 rings (SSSR count). The second-order valence-electron chi connectivity index (χ2n) is 4.90. The van der Waals surface area contributed by atoms with Crippen LogP contribution in [-0.2, 0) is 20.9 Å². The van der Waals surface area contributed by atoms with Gasteiger partial charge in [-0.05, 0) is 26.0 Å². The molecule has 6 nitrogen and oxygen atoms in total. The summed E-state index contributed by atoms with van der Waals surface area (Å²) in [6.07, 6.45) is 1.57. The minimum absolute atomic E-state index is 0.0704. The smallest absolute Gasteiger partial charge is 0.319 e. The molecular weight excluding hydrogens is 260 g/mol. The van der Waals surface area contributed by atoms with Crippen molar-refractivity contribution in [3.63, 3.8) is 0 Å². The molecule has 0 unspecified atom stereocenters. The summed E-state index contributed by atoms with van der Waals surface area (Å²) < 4.78 is 9.84. The molecule has 0 spiro atoms. The van der Waals surface area contributed by atoms with Crippen LogP contribution < -0.4 is 0 Å². The van der Waals surface area contributed by atoms with Gasteiger partial charge < -0.3 is 14.1 Å². The molecule has 6 heteroatoms. The number of methoxy groups -OCH3 is 1. The third-order valence-corrected chi connectivity index (χ3v) is 3.03. The maximum Gasteiger partial charge on any atom is 0.319 e. The SMILES string of the molecule is COC(=O)CN(CC(=O)N(C)Cc1ccco1)C(C)C. The zero-order chi connectivity index (χ0) is 15.1. The molecule has 1 aromatic rings. The number of rotatable bonds is 7. The van der Waals surface area contributed by atoms with Gasteiger partial charge in [-0.15, -0.1) is 0 Å². The van der Waals surface area contributed by atoms with E-state index in [-0.39, 0.29) is 31.0 Å². The number of amides is 1. The molecule has 0 saturated carbocycles. The Bertz CT molecular complexity index is 428. The number of furan rings is 1. The van der Waals surface area contributed by atoms with E-state index in [0.717, 1.165) is 5.76 Å². The van der Waals surface area contributed by atoms with Gasteiger partial charge in [0.25, 0.3) is 0 Å². The standard InChI is InChI=1S/C14H22N2O4/c1-11(2)16(10-14(18)19-4)9-13(17)15(3)8-12-6-5-7-20-12/h5-7,11H,8-10H2,1-4H3. The average Bonchev–Trinajstić information content (AvgIpc) is 2.90. The van der Waals surface area contributed by atoms with E-state index in [1.807, 2.05) is 19.9 Å². The summed E-state index contributed by atoms with van der Waals surface area (Å²) in [5.74, 6) is 0.309. The lowest BCUT2D eigenvalue weighted by atomic mass is 10.3. The van der Waals surface area contributed by atoms with Gasteiger partial charge in [-0.1, -0.05) is 0 Å². The molecule has 0 radical (unpaired) electrons. The third kappa shape index (κ3) is 5.05. The Labute approximate surface area is 119 Å². The fourth-order valence-electron chi connectivity index (χ4n) is 1.67. The molecular formula is C14H22N2O4. The zero-order valence-corrected chi connectivity index (χ0v) is 12.5. The minimum Gasteiger partial charge on any atom is -0.468 e. The summed E-state index contributed by atoms with van der Waals surface area (Å²) >= 11 is 0. The van der Waals surface area contributed by atoms with Crippen molar-refractivity contribution in [2.24, 2.45) is 0 Å². The van der Waals surface area contributed by atoms with E-state index in [2.05, 4.69) is 4.74 Å². The maximum atomic E-state index is 12.1.